The van der Waals surface area contributed by atoms with Crippen LogP contribution in [0.2, 0.25) is 5.02 Å². The van der Waals surface area contributed by atoms with Crippen molar-refractivity contribution in [2.75, 3.05) is 6.61 Å². The van der Waals surface area contributed by atoms with Crippen LogP contribution in [0.1, 0.15) is 49.2 Å². The zero-order valence-electron chi connectivity index (χ0n) is 12.2. The fourth-order valence-electron chi connectivity index (χ4n) is 2.91. The highest BCUT2D eigenvalue weighted by atomic mass is 35.5. The maximum atomic E-state index is 6.15. The van der Waals surface area contributed by atoms with Gasteiger partial charge in [-0.05, 0) is 54.3 Å². The third-order valence-electron chi connectivity index (χ3n) is 4.20. The van der Waals surface area contributed by atoms with Crippen LogP contribution in [0.5, 0.6) is 5.75 Å². The van der Waals surface area contributed by atoms with Gasteiger partial charge in [0.1, 0.15) is 5.75 Å². The van der Waals surface area contributed by atoms with Gasteiger partial charge in [0.25, 0.3) is 0 Å². The number of benzene rings is 1. The molecule has 1 aliphatic heterocycles. The van der Waals surface area contributed by atoms with Crippen LogP contribution in [-0.4, -0.2) is 26.8 Å². The summed E-state index contributed by atoms with van der Waals surface area (Å²) in [5, 5.41) is 16.3. The van der Waals surface area contributed by atoms with Crippen LogP contribution in [-0.2, 0) is 6.54 Å². The second-order valence-electron chi connectivity index (χ2n) is 5.88. The monoisotopic (exact) mass is 319 g/mol. The van der Waals surface area contributed by atoms with Gasteiger partial charge in [0, 0.05) is 16.6 Å². The Labute approximate surface area is 133 Å². The third-order valence-corrected chi connectivity index (χ3v) is 4.44. The molecule has 2 heterocycles. The minimum Gasteiger partial charge on any atom is -0.493 e. The van der Waals surface area contributed by atoms with Gasteiger partial charge in [0.2, 0.25) is 0 Å². The van der Waals surface area contributed by atoms with E-state index in [9.17, 15) is 0 Å². The number of halogens is 1. The quantitative estimate of drug-likeness (QED) is 0.938. The molecular weight excluding hydrogens is 302 g/mol. The molecule has 1 aromatic heterocycles. The first-order valence-corrected chi connectivity index (χ1v) is 8.11. The molecule has 0 amide bonds. The van der Waals surface area contributed by atoms with E-state index in [1.54, 1.807) is 0 Å². The average Bonchev–Trinajstić information content (AvgIpc) is 3.29. The summed E-state index contributed by atoms with van der Waals surface area (Å²) in [6, 6.07) is 6.51. The SMILES string of the molecule is Clc1ccc2c(c1)C(NCc1nnnn1C1CC1)CCCO2. The van der Waals surface area contributed by atoms with Crippen LogP contribution in [0, 0.1) is 0 Å². The second kappa shape index (κ2) is 5.85. The standard InChI is InChI=1S/C15H18ClN5O/c16-10-3-6-14-12(8-10)13(2-1-7-22-14)17-9-15-18-19-20-21(15)11-4-5-11/h3,6,8,11,13,17H,1-2,4-5,7,9H2. The van der Waals surface area contributed by atoms with Crippen molar-refractivity contribution in [1.82, 2.24) is 25.5 Å². The molecule has 2 aromatic rings. The Bertz CT molecular complexity index is 670. The van der Waals surface area contributed by atoms with E-state index < -0.39 is 0 Å². The smallest absolute Gasteiger partial charge is 0.165 e. The molecule has 1 N–H and O–H groups in total. The van der Waals surface area contributed by atoms with Gasteiger partial charge in [-0.3, -0.25) is 0 Å². The van der Waals surface area contributed by atoms with Gasteiger partial charge in [-0.1, -0.05) is 11.6 Å². The number of nitrogens with one attached hydrogen (secondary N) is 1. The molecule has 1 aliphatic carbocycles. The molecule has 0 radical (unpaired) electrons. The molecule has 1 fully saturated rings. The molecule has 1 aromatic carbocycles. The van der Waals surface area contributed by atoms with E-state index in [-0.39, 0.29) is 6.04 Å². The molecule has 0 spiro atoms. The van der Waals surface area contributed by atoms with Crippen LogP contribution >= 0.6 is 11.6 Å². The van der Waals surface area contributed by atoms with Crippen molar-refractivity contribution in [3.63, 3.8) is 0 Å². The number of aromatic nitrogens is 4. The lowest BCUT2D eigenvalue weighted by Crippen LogP contribution is -2.23. The Hall–Kier alpha value is -1.66. The van der Waals surface area contributed by atoms with Gasteiger partial charge in [0.05, 0.1) is 19.2 Å². The number of nitrogens with zero attached hydrogens (tertiary/aromatic N) is 4. The normalized spacial score (nSPS) is 21.0. The maximum Gasteiger partial charge on any atom is 0.165 e. The molecule has 0 saturated heterocycles. The molecule has 22 heavy (non-hydrogen) atoms. The van der Waals surface area contributed by atoms with E-state index in [0.29, 0.717) is 12.6 Å². The number of rotatable bonds is 4. The zero-order valence-corrected chi connectivity index (χ0v) is 13.0. The maximum absolute atomic E-state index is 6.15. The van der Waals surface area contributed by atoms with Gasteiger partial charge in [-0.15, -0.1) is 5.10 Å². The Morgan fingerprint density at radius 3 is 3.09 bits per heavy atom. The molecule has 1 unspecified atom stereocenters. The summed E-state index contributed by atoms with van der Waals surface area (Å²) in [4.78, 5) is 0. The second-order valence-corrected chi connectivity index (χ2v) is 6.31. The first-order valence-electron chi connectivity index (χ1n) is 7.73. The largest absolute Gasteiger partial charge is 0.493 e. The lowest BCUT2D eigenvalue weighted by molar-refractivity contribution is 0.315. The van der Waals surface area contributed by atoms with E-state index in [2.05, 4.69) is 20.8 Å². The first-order chi connectivity index (χ1) is 10.8. The van der Waals surface area contributed by atoms with Crippen molar-refractivity contribution in [3.8, 4) is 5.75 Å². The van der Waals surface area contributed by atoms with Crippen LogP contribution in [0.15, 0.2) is 18.2 Å². The van der Waals surface area contributed by atoms with E-state index in [4.69, 9.17) is 16.3 Å². The van der Waals surface area contributed by atoms with Gasteiger partial charge < -0.3 is 10.1 Å². The summed E-state index contributed by atoms with van der Waals surface area (Å²) in [5.74, 6) is 1.82. The van der Waals surface area contributed by atoms with E-state index >= 15 is 0 Å². The van der Waals surface area contributed by atoms with E-state index in [0.717, 1.165) is 41.6 Å². The third kappa shape index (κ3) is 2.80. The topological polar surface area (TPSA) is 64.9 Å². The summed E-state index contributed by atoms with van der Waals surface area (Å²) in [6.45, 7) is 1.40. The van der Waals surface area contributed by atoms with Gasteiger partial charge in [0.15, 0.2) is 5.82 Å². The molecule has 4 rings (SSSR count). The molecule has 2 aliphatic rings. The highest BCUT2D eigenvalue weighted by molar-refractivity contribution is 6.30. The molecule has 0 bridgehead atoms. The van der Waals surface area contributed by atoms with E-state index in [1.807, 2.05) is 22.9 Å². The first kappa shape index (κ1) is 14.0. The van der Waals surface area contributed by atoms with Crippen molar-refractivity contribution < 1.29 is 4.74 Å². The minimum atomic E-state index is 0.209. The summed E-state index contributed by atoms with van der Waals surface area (Å²) < 4.78 is 7.74. The van der Waals surface area contributed by atoms with Gasteiger partial charge in [-0.2, -0.15) is 0 Å². The fraction of sp³-hybridized carbons (Fsp3) is 0.533. The van der Waals surface area contributed by atoms with Crippen molar-refractivity contribution in [3.05, 3.63) is 34.6 Å². The minimum absolute atomic E-state index is 0.209. The molecule has 7 heteroatoms. The van der Waals surface area contributed by atoms with Gasteiger partial charge in [-0.25, -0.2) is 4.68 Å². The van der Waals surface area contributed by atoms with Crippen LogP contribution in [0.4, 0.5) is 0 Å². The Kier molecular flexibility index (Phi) is 3.72. The van der Waals surface area contributed by atoms with Crippen LogP contribution in [0.3, 0.4) is 0 Å². The van der Waals surface area contributed by atoms with E-state index in [1.165, 1.54) is 12.8 Å². The van der Waals surface area contributed by atoms with Crippen molar-refractivity contribution in [2.24, 2.45) is 0 Å². The number of fused-ring (bicyclic) bond motifs is 1. The number of hydrogen-bond donors (Lipinski definition) is 1. The van der Waals surface area contributed by atoms with Crippen LogP contribution in [0.25, 0.3) is 0 Å². The van der Waals surface area contributed by atoms with Gasteiger partial charge >= 0.3 is 0 Å². The summed E-state index contributed by atoms with van der Waals surface area (Å²) >= 11 is 6.15. The molecule has 1 saturated carbocycles. The highest BCUT2D eigenvalue weighted by Gasteiger charge is 2.28. The lowest BCUT2D eigenvalue weighted by Gasteiger charge is -2.18. The van der Waals surface area contributed by atoms with Crippen molar-refractivity contribution in [1.29, 1.82) is 0 Å². The van der Waals surface area contributed by atoms with Crippen LogP contribution < -0.4 is 10.1 Å². The lowest BCUT2D eigenvalue weighted by atomic mass is 10.0. The predicted octanol–water partition coefficient (Wildman–Crippen LogP) is 2.66. The Morgan fingerprint density at radius 2 is 2.23 bits per heavy atom. The van der Waals surface area contributed by atoms with Crippen molar-refractivity contribution >= 4 is 11.6 Å². The highest BCUT2D eigenvalue weighted by Crippen LogP contribution is 2.35. The zero-order chi connectivity index (χ0) is 14.9. The number of hydrogen-bond acceptors (Lipinski definition) is 5. The molecule has 6 nitrogen and oxygen atoms in total. The molecule has 1 atom stereocenters. The number of ether oxygens (including phenoxy) is 1. The Morgan fingerprint density at radius 1 is 1.32 bits per heavy atom. The molecular formula is C15H18ClN5O. The fourth-order valence-corrected chi connectivity index (χ4v) is 3.09. The average molecular weight is 320 g/mol. The summed E-state index contributed by atoms with van der Waals surface area (Å²) in [7, 11) is 0. The molecule has 116 valence electrons. The summed E-state index contributed by atoms with van der Waals surface area (Å²) in [5.41, 5.74) is 1.12. The number of tetrazole rings is 1. The summed E-state index contributed by atoms with van der Waals surface area (Å²) in [6.07, 6.45) is 4.37. The predicted molar refractivity (Wildman–Crippen MR) is 81.8 cm³/mol. The van der Waals surface area contributed by atoms with Crippen molar-refractivity contribution in [2.45, 2.75) is 44.3 Å². The Balaban J connectivity index is 1.52.